The molecule has 2 N–H and O–H groups in total. The summed E-state index contributed by atoms with van der Waals surface area (Å²) in [6.07, 6.45) is 0. The van der Waals surface area contributed by atoms with E-state index in [0.717, 1.165) is 11.4 Å². The number of phenols is 1. The molecule has 1 heterocycles. The van der Waals surface area contributed by atoms with E-state index < -0.39 is 5.97 Å². The van der Waals surface area contributed by atoms with Crippen molar-refractivity contribution in [3.63, 3.8) is 0 Å². The molecule has 0 aliphatic carbocycles. The zero-order chi connectivity index (χ0) is 17.6. The van der Waals surface area contributed by atoms with Crippen LogP contribution in [0.5, 0.6) is 11.5 Å². The Bertz CT molecular complexity index is 862. The average Bonchev–Trinajstić information content (AvgIpc) is 3.08. The van der Waals surface area contributed by atoms with E-state index in [2.05, 4.69) is 10.3 Å². The maximum absolute atomic E-state index is 12.0. The minimum atomic E-state index is -0.587. The van der Waals surface area contributed by atoms with Crippen LogP contribution in [0, 0.1) is 0 Å². The molecular formula is C18H16N2O4S. The lowest BCUT2D eigenvalue weighted by molar-refractivity contribution is 0.0465. The molecule has 0 saturated carbocycles. The predicted molar refractivity (Wildman–Crippen MR) is 95.6 cm³/mol. The number of benzene rings is 2. The van der Waals surface area contributed by atoms with Crippen LogP contribution in [0.2, 0.25) is 0 Å². The van der Waals surface area contributed by atoms with Gasteiger partial charge in [0.25, 0.3) is 0 Å². The predicted octanol–water partition coefficient (Wildman–Crippen LogP) is 3.96. The molecule has 128 valence electrons. The highest BCUT2D eigenvalue weighted by atomic mass is 32.1. The molecule has 7 heteroatoms. The van der Waals surface area contributed by atoms with Gasteiger partial charge >= 0.3 is 5.97 Å². The number of ether oxygens (including phenoxy) is 2. The fraction of sp³-hybridized carbons (Fsp3) is 0.111. The molecule has 0 aliphatic heterocycles. The zero-order valence-corrected chi connectivity index (χ0v) is 14.2. The van der Waals surface area contributed by atoms with Crippen molar-refractivity contribution >= 4 is 28.1 Å². The number of carbonyl (C=O) groups is 1. The summed E-state index contributed by atoms with van der Waals surface area (Å²) in [5.74, 6) is 0.0878. The Balaban J connectivity index is 1.58. The van der Waals surface area contributed by atoms with Crippen molar-refractivity contribution in [3.05, 3.63) is 65.2 Å². The maximum atomic E-state index is 12.0. The van der Waals surface area contributed by atoms with Crippen molar-refractivity contribution in [3.8, 4) is 11.5 Å². The van der Waals surface area contributed by atoms with E-state index >= 15 is 0 Å². The van der Waals surface area contributed by atoms with Gasteiger partial charge in [0, 0.05) is 11.1 Å². The summed E-state index contributed by atoms with van der Waals surface area (Å²) in [5.41, 5.74) is 1.65. The second-order valence-electron chi connectivity index (χ2n) is 5.09. The zero-order valence-electron chi connectivity index (χ0n) is 13.4. The molecule has 1 aromatic heterocycles. The van der Waals surface area contributed by atoms with Gasteiger partial charge in [-0.25, -0.2) is 9.78 Å². The summed E-state index contributed by atoms with van der Waals surface area (Å²) in [7, 11) is 1.62. The summed E-state index contributed by atoms with van der Waals surface area (Å²) in [5, 5.41) is 15.3. The minimum absolute atomic E-state index is 0.0357. The Labute approximate surface area is 148 Å². The number of aromatic nitrogens is 1. The number of anilines is 2. The Morgan fingerprint density at radius 3 is 2.68 bits per heavy atom. The van der Waals surface area contributed by atoms with E-state index in [1.807, 2.05) is 29.6 Å². The van der Waals surface area contributed by atoms with Crippen LogP contribution in [0.3, 0.4) is 0 Å². The van der Waals surface area contributed by atoms with Gasteiger partial charge in [-0.05, 0) is 36.4 Å². The number of aromatic hydroxyl groups is 1. The second kappa shape index (κ2) is 7.67. The van der Waals surface area contributed by atoms with Gasteiger partial charge in [0.2, 0.25) is 0 Å². The first-order chi connectivity index (χ1) is 12.2. The molecule has 0 aliphatic rings. The Morgan fingerprint density at radius 1 is 1.20 bits per heavy atom. The van der Waals surface area contributed by atoms with E-state index in [1.54, 1.807) is 19.2 Å². The van der Waals surface area contributed by atoms with Crippen LogP contribution in [0.4, 0.5) is 10.8 Å². The lowest BCUT2D eigenvalue weighted by atomic mass is 10.2. The quantitative estimate of drug-likeness (QED) is 0.651. The van der Waals surface area contributed by atoms with Gasteiger partial charge in [0.15, 0.2) is 5.13 Å². The molecule has 0 amide bonds. The van der Waals surface area contributed by atoms with Gasteiger partial charge in [-0.1, -0.05) is 12.1 Å². The molecule has 0 bridgehead atoms. The molecule has 0 spiro atoms. The first-order valence-electron chi connectivity index (χ1n) is 7.46. The number of nitrogens with zero attached hydrogens (tertiary/aromatic N) is 1. The second-order valence-corrected chi connectivity index (χ2v) is 5.95. The number of para-hydroxylation sites is 1. The van der Waals surface area contributed by atoms with Crippen LogP contribution in [-0.2, 0) is 11.3 Å². The van der Waals surface area contributed by atoms with E-state index in [1.165, 1.54) is 23.5 Å². The van der Waals surface area contributed by atoms with Gasteiger partial charge < -0.3 is 19.9 Å². The van der Waals surface area contributed by atoms with Crippen molar-refractivity contribution in [1.82, 2.24) is 4.98 Å². The number of nitrogens with one attached hydrogen (secondary N) is 1. The number of carbonyl (C=O) groups excluding carboxylic acids is 1. The van der Waals surface area contributed by atoms with E-state index in [4.69, 9.17) is 9.47 Å². The third-order valence-corrected chi connectivity index (χ3v) is 4.17. The normalized spacial score (nSPS) is 10.3. The highest BCUT2D eigenvalue weighted by Gasteiger charge is 2.12. The Kier molecular flexibility index (Phi) is 5.15. The van der Waals surface area contributed by atoms with Crippen molar-refractivity contribution in [2.75, 3.05) is 12.4 Å². The number of methoxy groups -OCH3 is 1. The van der Waals surface area contributed by atoms with Gasteiger partial charge in [-0.15, -0.1) is 11.3 Å². The highest BCUT2D eigenvalue weighted by Crippen LogP contribution is 2.23. The molecular weight excluding hydrogens is 340 g/mol. The van der Waals surface area contributed by atoms with Gasteiger partial charge in [0.05, 0.1) is 12.8 Å². The van der Waals surface area contributed by atoms with Crippen LogP contribution in [0.1, 0.15) is 16.1 Å². The molecule has 0 saturated heterocycles. The van der Waals surface area contributed by atoms with Gasteiger partial charge in [-0.3, -0.25) is 0 Å². The first kappa shape index (κ1) is 16.8. The molecule has 25 heavy (non-hydrogen) atoms. The maximum Gasteiger partial charge on any atom is 0.342 e. The van der Waals surface area contributed by atoms with Crippen LogP contribution in [-0.4, -0.2) is 23.2 Å². The monoisotopic (exact) mass is 356 g/mol. The van der Waals surface area contributed by atoms with Crippen LogP contribution in [0.15, 0.2) is 53.9 Å². The molecule has 0 radical (unpaired) electrons. The van der Waals surface area contributed by atoms with Crippen molar-refractivity contribution in [1.29, 1.82) is 0 Å². The van der Waals surface area contributed by atoms with Crippen LogP contribution < -0.4 is 10.1 Å². The number of esters is 1. The lowest BCUT2D eigenvalue weighted by Gasteiger charge is -2.05. The SMILES string of the molecule is COc1ccc(Nc2nc(COC(=O)c3ccccc3O)cs2)cc1. The molecule has 3 rings (SSSR count). The van der Waals surface area contributed by atoms with Crippen molar-refractivity contribution in [2.24, 2.45) is 0 Å². The van der Waals surface area contributed by atoms with Gasteiger partial charge in [-0.2, -0.15) is 0 Å². The third-order valence-electron chi connectivity index (χ3n) is 3.37. The molecule has 0 unspecified atom stereocenters. The first-order valence-corrected chi connectivity index (χ1v) is 8.34. The van der Waals surface area contributed by atoms with Gasteiger partial charge in [0.1, 0.15) is 23.7 Å². The topological polar surface area (TPSA) is 80.7 Å². The third kappa shape index (κ3) is 4.27. The highest BCUT2D eigenvalue weighted by molar-refractivity contribution is 7.13. The summed E-state index contributed by atoms with van der Waals surface area (Å²) >= 11 is 1.41. The minimum Gasteiger partial charge on any atom is -0.507 e. The number of thiazole rings is 1. The summed E-state index contributed by atoms with van der Waals surface area (Å²) in [4.78, 5) is 16.3. The summed E-state index contributed by atoms with van der Waals surface area (Å²) in [6, 6.07) is 13.7. The molecule has 6 nitrogen and oxygen atoms in total. The molecule has 0 atom stereocenters. The largest absolute Gasteiger partial charge is 0.507 e. The number of hydrogen-bond acceptors (Lipinski definition) is 7. The van der Waals surface area contributed by atoms with Crippen molar-refractivity contribution in [2.45, 2.75) is 6.61 Å². The van der Waals surface area contributed by atoms with E-state index in [9.17, 15) is 9.90 Å². The number of rotatable bonds is 6. The average molecular weight is 356 g/mol. The van der Waals surface area contributed by atoms with Crippen molar-refractivity contribution < 1.29 is 19.4 Å². The fourth-order valence-electron chi connectivity index (χ4n) is 2.09. The van der Waals surface area contributed by atoms with E-state index in [0.29, 0.717) is 10.8 Å². The summed E-state index contributed by atoms with van der Waals surface area (Å²) in [6.45, 7) is 0.0357. The smallest absolute Gasteiger partial charge is 0.342 e. The lowest BCUT2D eigenvalue weighted by Crippen LogP contribution is -2.05. The fourth-order valence-corrected chi connectivity index (χ4v) is 2.81. The molecule has 0 fully saturated rings. The standard InChI is InChI=1S/C18H16N2O4S/c1-23-14-8-6-12(7-9-14)19-18-20-13(11-25-18)10-24-17(22)15-4-2-3-5-16(15)21/h2-9,11,21H,10H2,1H3,(H,19,20). The Hall–Kier alpha value is -3.06. The summed E-state index contributed by atoms with van der Waals surface area (Å²) < 4.78 is 10.3. The molecule has 2 aromatic carbocycles. The van der Waals surface area contributed by atoms with Crippen LogP contribution >= 0.6 is 11.3 Å². The molecule has 3 aromatic rings. The van der Waals surface area contributed by atoms with Crippen LogP contribution in [0.25, 0.3) is 0 Å². The number of phenolic OH excluding ortho intramolecular Hbond substituents is 1. The van der Waals surface area contributed by atoms with E-state index in [-0.39, 0.29) is 17.9 Å². The number of hydrogen-bond donors (Lipinski definition) is 2. The Morgan fingerprint density at radius 2 is 1.96 bits per heavy atom.